The second-order valence-electron chi connectivity index (χ2n) is 7.77. The highest BCUT2D eigenvalue weighted by Gasteiger charge is 2.34. The number of rotatable bonds is 5. The van der Waals surface area contributed by atoms with Crippen LogP contribution in [0.15, 0.2) is 84.9 Å². The second kappa shape index (κ2) is 8.19. The van der Waals surface area contributed by atoms with Crippen molar-refractivity contribution in [3.63, 3.8) is 0 Å². The summed E-state index contributed by atoms with van der Waals surface area (Å²) in [7, 11) is 0. The van der Waals surface area contributed by atoms with Gasteiger partial charge in [-0.15, -0.1) is 0 Å². The number of aromatic nitrogens is 2. The van der Waals surface area contributed by atoms with E-state index in [4.69, 9.17) is 4.98 Å². The third kappa shape index (κ3) is 3.87. The number of allylic oxidation sites excluding steroid dienone is 1. The molecule has 2 heterocycles. The third-order valence-electron chi connectivity index (χ3n) is 5.69. The van der Waals surface area contributed by atoms with Crippen LogP contribution >= 0.6 is 0 Å². The lowest BCUT2D eigenvalue weighted by molar-refractivity contribution is -0.117. The molecule has 154 valence electrons. The lowest BCUT2D eigenvalue weighted by Gasteiger charge is -2.17. The van der Waals surface area contributed by atoms with Crippen molar-refractivity contribution in [2.45, 2.75) is 18.9 Å². The molecule has 1 aromatic heterocycles. The Hall–Kier alpha value is -3.73. The number of hydrogen-bond donors (Lipinski definition) is 0. The largest absolute Gasteiger partial charge is 0.324 e. The lowest BCUT2D eigenvalue weighted by atomic mass is 10.1. The van der Waals surface area contributed by atoms with Crippen molar-refractivity contribution in [3.05, 3.63) is 102 Å². The van der Waals surface area contributed by atoms with Crippen LogP contribution in [0.5, 0.6) is 0 Å². The molecule has 0 radical (unpaired) electrons. The summed E-state index contributed by atoms with van der Waals surface area (Å²) in [5.74, 6) is 0.500. The van der Waals surface area contributed by atoms with Gasteiger partial charge in [0.05, 0.1) is 11.0 Å². The third-order valence-corrected chi connectivity index (χ3v) is 5.69. The molecule has 1 amide bonds. The number of benzene rings is 3. The maximum atomic E-state index is 13.7. The first-order valence-corrected chi connectivity index (χ1v) is 10.4. The summed E-state index contributed by atoms with van der Waals surface area (Å²) >= 11 is 0. The first kappa shape index (κ1) is 19.2. The fourth-order valence-electron chi connectivity index (χ4n) is 4.23. The zero-order valence-corrected chi connectivity index (χ0v) is 17.0. The van der Waals surface area contributed by atoms with E-state index in [-0.39, 0.29) is 17.6 Å². The average molecular weight is 411 g/mol. The molecule has 1 aliphatic rings. The summed E-state index contributed by atoms with van der Waals surface area (Å²) in [5, 5.41) is 0. The fraction of sp³-hybridized carbons (Fsp3) is 0.154. The predicted molar refractivity (Wildman–Crippen MR) is 121 cm³/mol. The highest BCUT2D eigenvalue weighted by molar-refractivity contribution is 5.96. The van der Waals surface area contributed by atoms with Gasteiger partial charge < -0.3 is 9.47 Å². The van der Waals surface area contributed by atoms with E-state index in [2.05, 4.69) is 34.9 Å². The van der Waals surface area contributed by atoms with Crippen molar-refractivity contribution in [1.29, 1.82) is 0 Å². The highest BCUT2D eigenvalue weighted by atomic mass is 19.1. The molecular weight excluding hydrogens is 389 g/mol. The highest BCUT2D eigenvalue weighted by Crippen LogP contribution is 2.33. The molecule has 0 bridgehead atoms. The number of hydrogen-bond acceptors (Lipinski definition) is 2. The van der Waals surface area contributed by atoms with E-state index < -0.39 is 0 Å². The molecule has 1 unspecified atom stereocenters. The Balaban J connectivity index is 1.46. The molecule has 1 fully saturated rings. The molecule has 4 nitrogen and oxygen atoms in total. The molecule has 0 N–H and O–H groups in total. The number of carbonyl (C=O) groups is 1. The van der Waals surface area contributed by atoms with Crippen molar-refractivity contribution in [1.82, 2.24) is 9.55 Å². The number of amides is 1. The van der Waals surface area contributed by atoms with E-state index in [1.807, 2.05) is 36.4 Å². The van der Waals surface area contributed by atoms with E-state index in [9.17, 15) is 9.18 Å². The Morgan fingerprint density at radius 3 is 2.65 bits per heavy atom. The summed E-state index contributed by atoms with van der Waals surface area (Å²) in [4.78, 5) is 19.3. The number of para-hydroxylation sites is 2. The summed E-state index contributed by atoms with van der Waals surface area (Å²) in [5.41, 5.74) is 3.70. The van der Waals surface area contributed by atoms with Gasteiger partial charge >= 0.3 is 0 Å². The van der Waals surface area contributed by atoms with Gasteiger partial charge in [-0.05, 0) is 35.9 Å². The Bertz CT molecular complexity index is 1260. The number of halogens is 1. The number of fused-ring (bicyclic) bond motifs is 1. The molecule has 5 rings (SSSR count). The average Bonchev–Trinajstić information content (AvgIpc) is 3.35. The number of carbonyl (C=O) groups excluding carboxylic acids is 1. The Morgan fingerprint density at radius 1 is 1.00 bits per heavy atom. The van der Waals surface area contributed by atoms with Crippen LogP contribution in [0.2, 0.25) is 0 Å². The topological polar surface area (TPSA) is 38.1 Å². The maximum Gasteiger partial charge on any atom is 0.227 e. The van der Waals surface area contributed by atoms with Gasteiger partial charge in [0.1, 0.15) is 11.6 Å². The first-order valence-electron chi connectivity index (χ1n) is 10.4. The minimum absolute atomic E-state index is 0.00552. The van der Waals surface area contributed by atoms with Crippen LogP contribution in [0.4, 0.5) is 10.1 Å². The first-order chi connectivity index (χ1) is 15.2. The van der Waals surface area contributed by atoms with Gasteiger partial charge in [0.25, 0.3) is 0 Å². The molecule has 1 aliphatic heterocycles. The summed E-state index contributed by atoms with van der Waals surface area (Å²) < 4.78 is 15.9. The smallest absolute Gasteiger partial charge is 0.227 e. The fourth-order valence-corrected chi connectivity index (χ4v) is 4.23. The normalized spacial score (nSPS) is 16.6. The number of nitrogens with zero attached hydrogens (tertiary/aromatic N) is 3. The van der Waals surface area contributed by atoms with Crippen molar-refractivity contribution < 1.29 is 9.18 Å². The van der Waals surface area contributed by atoms with E-state index >= 15 is 0 Å². The van der Waals surface area contributed by atoms with Crippen LogP contribution in [0, 0.1) is 5.82 Å². The molecule has 0 spiro atoms. The minimum atomic E-state index is -0.341. The SMILES string of the molecule is O=C1CC(c2nc3ccccc3n2C/C=C/c2ccccc2)CN1c1cccc(F)c1. The van der Waals surface area contributed by atoms with Gasteiger partial charge in [-0.3, -0.25) is 4.79 Å². The second-order valence-corrected chi connectivity index (χ2v) is 7.77. The molecule has 0 saturated carbocycles. The summed E-state index contributed by atoms with van der Waals surface area (Å²) in [6.45, 7) is 1.16. The zero-order valence-electron chi connectivity index (χ0n) is 17.0. The van der Waals surface area contributed by atoms with Crippen molar-refractivity contribution in [3.8, 4) is 0 Å². The summed E-state index contributed by atoms with van der Waals surface area (Å²) in [6.07, 6.45) is 4.58. The lowest BCUT2D eigenvalue weighted by Crippen LogP contribution is -2.24. The van der Waals surface area contributed by atoms with Gasteiger partial charge in [-0.2, -0.15) is 0 Å². The monoisotopic (exact) mass is 411 g/mol. The summed E-state index contributed by atoms with van der Waals surface area (Å²) in [6, 6.07) is 24.4. The molecule has 3 aromatic carbocycles. The van der Waals surface area contributed by atoms with Crippen molar-refractivity contribution >= 4 is 28.7 Å². The molecule has 1 saturated heterocycles. The van der Waals surface area contributed by atoms with E-state index in [1.54, 1.807) is 17.0 Å². The molecule has 5 heteroatoms. The quantitative estimate of drug-likeness (QED) is 0.440. The van der Waals surface area contributed by atoms with Gasteiger partial charge in [-0.1, -0.05) is 60.7 Å². The standard InChI is InChI=1S/C26H22FN3O/c27-21-11-6-12-22(17-21)30-18-20(16-25(30)31)26-28-23-13-4-5-14-24(23)29(26)15-7-10-19-8-2-1-3-9-19/h1-14,17,20H,15-16,18H2/b10-7+. The zero-order chi connectivity index (χ0) is 21.2. The molecule has 31 heavy (non-hydrogen) atoms. The van der Waals surface area contributed by atoms with E-state index in [0.717, 1.165) is 22.4 Å². The van der Waals surface area contributed by atoms with Crippen LogP contribution in [0.25, 0.3) is 17.1 Å². The Kier molecular flexibility index (Phi) is 5.08. The van der Waals surface area contributed by atoms with Gasteiger partial charge in [0, 0.05) is 31.1 Å². The molecular formula is C26H22FN3O. The molecule has 4 aromatic rings. The van der Waals surface area contributed by atoms with Gasteiger partial charge in [0.15, 0.2) is 0 Å². The van der Waals surface area contributed by atoms with Crippen LogP contribution in [-0.2, 0) is 11.3 Å². The Morgan fingerprint density at radius 2 is 1.81 bits per heavy atom. The minimum Gasteiger partial charge on any atom is -0.324 e. The van der Waals surface area contributed by atoms with Crippen molar-refractivity contribution in [2.75, 3.05) is 11.4 Å². The van der Waals surface area contributed by atoms with Crippen LogP contribution in [-0.4, -0.2) is 22.0 Å². The van der Waals surface area contributed by atoms with E-state index in [0.29, 0.717) is 25.2 Å². The number of imidazole rings is 1. The number of anilines is 1. The van der Waals surface area contributed by atoms with Crippen molar-refractivity contribution in [2.24, 2.45) is 0 Å². The predicted octanol–water partition coefficient (Wildman–Crippen LogP) is 5.41. The van der Waals surface area contributed by atoms with Gasteiger partial charge in [-0.25, -0.2) is 9.37 Å². The molecule has 0 aliphatic carbocycles. The van der Waals surface area contributed by atoms with Crippen LogP contribution < -0.4 is 4.90 Å². The van der Waals surface area contributed by atoms with E-state index in [1.165, 1.54) is 12.1 Å². The maximum absolute atomic E-state index is 13.7. The van der Waals surface area contributed by atoms with Crippen LogP contribution in [0.1, 0.15) is 23.7 Å². The van der Waals surface area contributed by atoms with Crippen LogP contribution in [0.3, 0.4) is 0 Å². The molecule has 1 atom stereocenters. The van der Waals surface area contributed by atoms with Gasteiger partial charge in [0.2, 0.25) is 5.91 Å². The Labute approximate surface area is 180 Å².